The molecule has 1 unspecified atom stereocenters. The molecule has 1 atom stereocenters. The normalized spacial score (nSPS) is 13.3. The molecule has 0 rings (SSSR count). The van der Waals surface area contributed by atoms with Crippen molar-refractivity contribution in [1.82, 2.24) is 0 Å². The van der Waals surface area contributed by atoms with Crippen molar-refractivity contribution in [1.29, 1.82) is 0 Å². The lowest BCUT2D eigenvalue weighted by molar-refractivity contribution is -0.147. The minimum Gasteiger partial charge on any atom is -0.389 e. The molecule has 0 bridgehead atoms. The summed E-state index contributed by atoms with van der Waals surface area (Å²) in [5.74, 6) is 0. The lowest BCUT2D eigenvalue weighted by atomic mass is 9.95. The molecule has 4 nitrogen and oxygen atoms in total. The van der Waals surface area contributed by atoms with E-state index in [0.717, 1.165) is 19.3 Å². The zero-order valence-electron chi connectivity index (χ0n) is 11.3. The van der Waals surface area contributed by atoms with Crippen LogP contribution in [0.25, 0.3) is 0 Å². The molecule has 0 aromatic carbocycles. The molecule has 0 aliphatic carbocycles. The van der Waals surface area contributed by atoms with Crippen molar-refractivity contribution in [2.45, 2.75) is 76.4 Å². The Kier molecular flexibility index (Phi) is 9.79. The Balaban J connectivity index is 3.54. The largest absolute Gasteiger partial charge is 0.389 e. The van der Waals surface area contributed by atoms with Crippen molar-refractivity contribution in [2.24, 2.45) is 0 Å². The third kappa shape index (κ3) is 6.87. The molecule has 0 radical (unpaired) electrons. The molecular weight excluding hydrogens is 232 g/mol. The fraction of sp³-hybridized carbons (Fsp3) is 0.857. The van der Waals surface area contributed by atoms with Gasteiger partial charge < -0.3 is 10.2 Å². The Morgan fingerprint density at radius 2 is 1.39 bits per heavy atom. The fourth-order valence-electron chi connectivity index (χ4n) is 1.89. The van der Waals surface area contributed by atoms with Gasteiger partial charge in [0.1, 0.15) is 0 Å². The number of aliphatic hydroxyl groups excluding tert-OH is 1. The van der Waals surface area contributed by atoms with Crippen molar-refractivity contribution in [3.63, 3.8) is 0 Å². The van der Waals surface area contributed by atoms with Gasteiger partial charge in [0, 0.05) is 0 Å². The maximum Gasteiger partial charge on any atom is 0.201 e. The highest BCUT2D eigenvalue weighted by Gasteiger charge is 2.34. The van der Waals surface area contributed by atoms with Crippen LogP contribution in [0, 0.1) is 0 Å². The van der Waals surface area contributed by atoms with E-state index in [0.29, 0.717) is 0 Å². The summed E-state index contributed by atoms with van der Waals surface area (Å²) in [7, 11) is 0. The lowest BCUT2D eigenvalue weighted by Crippen LogP contribution is -2.45. The summed E-state index contributed by atoms with van der Waals surface area (Å²) in [5.41, 5.74) is -2.22. The molecule has 0 aliphatic heterocycles. The molecule has 4 heteroatoms. The van der Waals surface area contributed by atoms with Gasteiger partial charge in [0.15, 0.2) is 12.6 Å². The van der Waals surface area contributed by atoms with Crippen LogP contribution >= 0.6 is 0 Å². The number of carbonyl (C=O) groups excluding carboxylic acids is 2. The Hall–Kier alpha value is -0.740. The van der Waals surface area contributed by atoms with Crippen molar-refractivity contribution >= 4 is 12.6 Å². The zero-order chi connectivity index (χ0) is 13.9. The molecule has 0 amide bonds. The van der Waals surface area contributed by atoms with Crippen LogP contribution < -0.4 is 0 Å². The SMILES string of the molecule is CCCCCCCCCCC(O)C(O)(C=O)C=O. The molecule has 0 aliphatic rings. The van der Waals surface area contributed by atoms with Crippen LogP contribution in [-0.4, -0.2) is 34.5 Å². The average Bonchev–Trinajstić information content (AvgIpc) is 2.40. The van der Waals surface area contributed by atoms with Crippen LogP contribution in [0.4, 0.5) is 0 Å². The third-order valence-corrected chi connectivity index (χ3v) is 3.24. The van der Waals surface area contributed by atoms with Crippen LogP contribution in [0.5, 0.6) is 0 Å². The van der Waals surface area contributed by atoms with Crippen molar-refractivity contribution < 1.29 is 19.8 Å². The van der Waals surface area contributed by atoms with E-state index in [9.17, 15) is 19.8 Å². The number of hydrogen-bond acceptors (Lipinski definition) is 4. The van der Waals surface area contributed by atoms with Crippen molar-refractivity contribution in [3.8, 4) is 0 Å². The summed E-state index contributed by atoms with van der Waals surface area (Å²) in [4.78, 5) is 21.0. The molecule has 0 spiro atoms. The van der Waals surface area contributed by atoms with Crippen LogP contribution in [-0.2, 0) is 9.59 Å². The predicted octanol–water partition coefficient (Wildman–Crippen LogP) is 2.01. The molecule has 0 fully saturated rings. The molecule has 0 heterocycles. The second-order valence-corrected chi connectivity index (χ2v) is 4.90. The first-order valence-corrected chi connectivity index (χ1v) is 6.93. The maximum atomic E-state index is 10.5. The summed E-state index contributed by atoms with van der Waals surface area (Å²) in [6.07, 6.45) is 8.19. The maximum absolute atomic E-state index is 10.5. The van der Waals surface area contributed by atoms with Gasteiger partial charge in [-0.25, -0.2) is 0 Å². The molecular formula is C14H26O4. The van der Waals surface area contributed by atoms with Crippen LogP contribution in [0.2, 0.25) is 0 Å². The highest BCUT2D eigenvalue weighted by Crippen LogP contribution is 2.15. The monoisotopic (exact) mass is 258 g/mol. The van der Waals surface area contributed by atoms with Gasteiger partial charge in [-0.05, 0) is 6.42 Å². The second-order valence-electron chi connectivity index (χ2n) is 4.90. The summed E-state index contributed by atoms with van der Waals surface area (Å²) in [6.45, 7) is 2.18. The smallest absolute Gasteiger partial charge is 0.201 e. The van der Waals surface area contributed by atoms with Gasteiger partial charge in [0.2, 0.25) is 5.60 Å². The van der Waals surface area contributed by atoms with Gasteiger partial charge in [-0.3, -0.25) is 9.59 Å². The van der Waals surface area contributed by atoms with Gasteiger partial charge >= 0.3 is 0 Å². The minimum atomic E-state index is -2.22. The van der Waals surface area contributed by atoms with Gasteiger partial charge in [-0.1, -0.05) is 58.3 Å². The van der Waals surface area contributed by atoms with E-state index >= 15 is 0 Å². The number of aliphatic hydroxyl groups is 2. The quantitative estimate of drug-likeness (QED) is 0.319. The fourth-order valence-corrected chi connectivity index (χ4v) is 1.89. The molecule has 0 aromatic heterocycles. The highest BCUT2D eigenvalue weighted by molar-refractivity contribution is 5.88. The summed E-state index contributed by atoms with van der Waals surface area (Å²) in [5, 5.41) is 18.9. The predicted molar refractivity (Wildman–Crippen MR) is 70.3 cm³/mol. The van der Waals surface area contributed by atoms with E-state index in [4.69, 9.17) is 0 Å². The summed E-state index contributed by atoms with van der Waals surface area (Å²) >= 11 is 0. The molecule has 106 valence electrons. The molecule has 0 saturated heterocycles. The first-order valence-electron chi connectivity index (χ1n) is 6.93. The van der Waals surface area contributed by atoms with Gasteiger partial charge in [-0.2, -0.15) is 0 Å². The number of carbonyl (C=O) groups is 2. The van der Waals surface area contributed by atoms with E-state index in [2.05, 4.69) is 6.92 Å². The Labute approximate surface area is 109 Å². The van der Waals surface area contributed by atoms with E-state index < -0.39 is 11.7 Å². The third-order valence-electron chi connectivity index (χ3n) is 3.24. The highest BCUT2D eigenvalue weighted by atomic mass is 16.4. The molecule has 0 saturated carbocycles. The minimum absolute atomic E-state index is 0.107. The Morgan fingerprint density at radius 3 is 1.83 bits per heavy atom. The number of rotatable bonds is 12. The second kappa shape index (κ2) is 10.2. The van der Waals surface area contributed by atoms with Crippen molar-refractivity contribution in [3.05, 3.63) is 0 Å². The Morgan fingerprint density at radius 1 is 0.944 bits per heavy atom. The topological polar surface area (TPSA) is 74.6 Å². The number of hydrogen-bond donors (Lipinski definition) is 2. The zero-order valence-corrected chi connectivity index (χ0v) is 11.3. The van der Waals surface area contributed by atoms with Gasteiger partial charge in [-0.15, -0.1) is 0 Å². The average molecular weight is 258 g/mol. The molecule has 2 N–H and O–H groups in total. The van der Waals surface area contributed by atoms with Crippen LogP contribution in [0.1, 0.15) is 64.7 Å². The van der Waals surface area contributed by atoms with E-state index in [1.54, 1.807) is 0 Å². The summed E-state index contributed by atoms with van der Waals surface area (Å²) < 4.78 is 0. The number of unbranched alkanes of at least 4 members (excludes halogenated alkanes) is 7. The van der Waals surface area contributed by atoms with Crippen LogP contribution in [0.3, 0.4) is 0 Å². The lowest BCUT2D eigenvalue weighted by Gasteiger charge is -2.21. The van der Waals surface area contributed by atoms with Gasteiger partial charge in [0.25, 0.3) is 0 Å². The first kappa shape index (κ1) is 17.3. The molecule has 0 aromatic rings. The summed E-state index contributed by atoms with van der Waals surface area (Å²) in [6, 6.07) is 0. The molecule has 18 heavy (non-hydrogen) atoms. The van der Waals surface area contributed by atoms with Crippen LogP contribution in [0.15, 0.2) is 0 Å². The van der Waals surface area contributed by atoms with Gasteiger partial charge in [0.05, 0.1) is 6.10 Å². The Bertz CT molecular complexity index is 220. The standard InChI is InChI=1S/C14H26O4/c1-2-3-4-5-6-7-8-9-10-13(17)14(18,11-15)12-16/h11-13,17-18H,2-10H2,1H3. The number of aldehydes is 2. The van der Waals surface area contributed by atoms with E-state index in [1.165, 1.54) is 32.1 Å². The van der Waals surface area contributed by atoms with Crippen molar-refractivity contribution in [2.75, 3.05) is 0 Å². The van der Waals surface area contributed by atoms with E-state index in [1.807, 2.05) is 0 Å². The van der Waals surface area contributed by atoms with E-state index in [-0.39, 0.29) is 19.0 Å². The first-order chi connectivity index (χ1) is 8.60.